The van der Waals surface area contributed by atoms with Crippen LogP contribution in [-0.2, 0) is 25.7 Å². The van der Waals surface area contributed by atoms with Gasteiger partial charge in [-0.2, -0.15) is 0 Å². The molecule has 0 fully saturated rings. The smallest absolute Gasteiger partial charge is 0.347 e. The molecule has 0 bridgehead atoms. The number of likely N-dealkylation sites (N-methyl/N-ethyl adjacent to an activating group) is 1. The Kier molecular flexibility index (Phi) is 7.23. The molecule has 0 unspecified atom stereocenters. The van der Waals surface area contributed by atoms with Crippen LogP contribution in [-0.4, -0.2) is 31.1 Å². The molecule has 0 spiro atoms. The Morgan fingerprint density at radius 2 is 1.74 bits per heavy atom. The number of carbonyl (C=O) groups is 2. The van der Waals surface area contributed by atoms with Crippen molar-refractivity contribution < 1.29 is 19.1 Å². The maximum Gasteiger partial charge on any atom is 0.347 e. The van der Waals surface area contributed by atoms with Crippen LogP contribution in [0.3, 0.4) is 0 Å². The summed E-state index contributed by atoms with van der Waals surface area (Å²) in [6, 6.07) is 8.92. The van der Waals surface area contributed by atoms with Gasteiger partial charge in [0, 0.05) is 0 Å². The van der Waals surface area contributed by atoms with E-state index in [9.17, 15) is 9.59 Å². The number of hydrogen-bond donors (Lipinski definition) is 1. The fourth-order valence-corrected chi connectivity index (χ4v) is 2.07. The Balaban J connectivity index is 2.48. The van der Waals surface area contributed by atoms with Gasteiger partial charge in [-0.15, -0.1) is 0 Å². The number of carbonyl (C=O) groups excluding carboxylic acids is 2. The van der Waals surface area contributed by atoms with Crippen LogP contribution < -0.4 is 5.32 Å². The van der Waals surface area contributed by atoms with E-state index in [1.807, 2.05) is 51.1 Å². The van der Waals surface area contributed by atoms with Crippen LogP contribution in [0.25, 0.3) is 0 Å². The van der Waals surface area contributed by atoms with Crippen LogP contribution in [0, 0.1) is 5.41 Å². The third-order valence-corrected chi connectivity index (χ3v) is 3.30. The van der Waals surface area contributed by atoms with E-state index < -0.39 is 24.1 Å². The van der Waals surface area contributed by atoms with Crippen LogP contribution in [0.2, 0.25) is 0 Å². The van der Waals surface area contributed by atoms with Crippen molar-refractivity contribution in [1.82, 2.24) is 5.32 Å². The van der Waals surface area contributed by atoms with Crippen molar-refractivity contribution in [1.29, 1.82) is 0 Å². The van der Waals surface area contributed by atoms with Gasteiger partial charge in [0.2, 0.25) is 0 Å². The average Bonchev–Trinajstić information content (AvgIpc) is 2.50. The minimum atomic E-state index is -0.929. The van der Waals surface area contributed by atoms with E-state index in [1.54, 1.807) is 7.05 Å². The maximum atomic E-state index is 12.1. The van der Waals surface area contributed by atoms with Gasteiger partial charge in [-0.1, -0.05) is 51.1 Å². The molecule has 0 saturated heterocycles. The zero-order valence-corrected chi connectivity index (χ0v) is 14.6. The Hall–Kier alpha value is -1.88. The maximum absolute atomic E-state index is 12.1. The molecule has 0 aliphatic carbocycles. The molecule has 1 aromatic carbocycles. The van der Waals surface area contributed by atoms with Crippen molar-refractivity contribution in [2.45, 2.75) is 52.9 Å². The number of nitrogens with one attached hydrogen (secondary N) is 1. The van der Waals surface area contributed by atoms with Gasteiger partial charge in [0.15, 0.2) is 6.10 Å². The number of rotatable bonds is 7. The zero-order valence-electron chi connectivity index (χ0n) is 14.6. The molecule has 0 amide bonds. The SMILES string of the molecule is CN[C@@H](CC(C)(C)C)C(=O)O[C@H](C)C(=O)OCc1ccccc1. The summed E-state index contributed by atoms with van der Waals surface area (Å²) in [7, 11) is 1.70. The van der Waals surface area contributed by atoms with Gasteiger partial charge < -0.3 is 14.8 Å². The highest BCUT2D eigenvalue weighted by atomic mass is 16.6. The first kappa shape index (κ1) is 19.2. The largest absolute Gasteiger partial charge is 0.458 e. The minimum Gasteiger partial charge on any atom is -0.458 e. The van der Waals surface area contributed by atoms with E-state index in [2.05, 4.69) is 5.32 Å². The number of hydrogen-bond acceptors (Lipinski definition) is 5. The summed E-state index contributed by atoms with van der Waals surface area (Å²) in [4.78, 5) is 24.1. The van der Waals surface area contributed by atoms with Crippen LogP contribution >= 0.6 is 0 Å². The lowest BCUT2D eigenvalue weighted by molar-refractivity contribution is -0.169. The molecule has 0 aliphatic rings. The topological polar surface area (TPSA) is 64.6 Å². The van der Waals surface area contributed by atoms with Gasteiger partial charge in [-0.25, -0.2) is 4.79 Å². The minimum absolute atomic E-state index is 0.0241. The second-order valence-corrected chi connectivity index (χ2v) is 6.78. The summed E-state index contributed by atoms with van der Waals surface area (Å²) < 4.78 is 10.4. The van der Waals surface area contributed by atoms with Gasteiger partial charge in [0.25, 0.3) is 0 Å². The summed E-state index contributed by atoms with van der Waals surface area (Å²) >= 11 is 0. The van der Waals surface area contributed by atoms with Crippen LogP contribution in [0.5, 0.6) is 0 Å². The van der Waals surface area contributed by atoms with Crippen molar-refractivity contribution in [3.8, 4) is 0 Å². The van der Waals surface area contributed by atoms with Crippen LogP contribution in [0.1, 0.15) is 39.7 Å². The average molecular weight is 321 g/mol. The lowest BCUT2D eigenvalue weighted by atomic mass is 9.88. The molecule has 5 nitrogen and oxygen atoms in total. The summed E-state index contributed by atoms with van der Waals surface area (Å²) in [6.45, 7) is 7.82. The Labute approximate surface area is 138 Å². The van der Waals surface area contributed by atoms with Crippen molar-refractivity contribution in [2.24, 2.45) is 5.41 Å². The summed E-state index contributed by atoms with van der Waals surface area (Å²) in [6.07, 6.45) is -0.310. The molecule has 1 N–H and O–H groups in total. The van der Waals surface area contributed by atoms with E-state index in [1.165, 1.54) is 6.92 Å². The summed E-state index contributed by atoms with van der Waals surface area (Å²) in [5.41, 5.74) is 0.865. The third-order valence-electron chi connectivity index (χ3n) is 3.30. The van der Waals surface area contributed by atoms with Gasteiger partial charge in [-0.3, -0.25) is 4.79 Å². The second kappa shape index (κ2) is 8.67. The molecule has 23 heavy (non-hydrogen) atoms. The molecule has 128 valence electrons. The van der Waals surface area contributed by atoms with Crippen molar-refractivity contribution >= 4 is 11.9 Å². The number of benzene rings is 1. The van der Waals surface area contributed by atoms with E-state index >= 15 is 0 Å². The zero-order chi connectivity index (χ0) is 17.5. The molecular weight excluding hydrogens is 294 g/mol. The van der Waals surface area contributed by atoms with Gasteiger partial charge in [0.1, 0.15) is 12.6 Å². The summed E-state index contributed by atoms with van der Waals surface area (Å²) in [5, 5.41) is 2.93. The monoisotopic (exact) mass is 321 g/mol. The third kappa shape index (κ3) is 7.28. The molecule has 1 rings (SSSR count). The lowest BCUT2D eigenvalue weighted by Crippen LogP contribution is -2.41. The first-order valence-corrected chi connectivity index (χ1v) is 7.81. The molecule has 1 aromatic rings. The van der Waals surface area contributed by atoms with E-state index in [4.69, 9.17) is 9.47 Å². The number of ether oxygens (including phenoxy) is 2. The van der Waals surface area contributed by atoms with Crippen molar-refractivity contribution in [3.63, 3.8) is 0 Å². The summed E-state index contributed by atoms with van der Waals surface area (Å²) in [5.74, 6) is -0.987. The molecule has 0 radical (unpaired) electrons. The molecule has 0 saturated carbocycles. The molecular formula is C18H27NO4. The quantitative estimate of drug-likeness (QED) is 0.782. The van der Waals surface area contributed by atoms with Crippen LogP contribution in [0.15, 0.2) is 30.3 Å². The first-order chi connectivity index (χ1) is 10.7. The molecule has 2 atom stereocenters. The second-order valence-electron chi connectivity index (χ2n) is 6.78. The lowest BCUT2D eigenvalue weighted by Gasteiger charge is -2.25. The molecule has 0 aromatic heterocycles. The normalized spacial score (nSPS) is 14.0. The highest BCUT2D eigenvalue weighted by Crippen LogP contribution is 2.21. The van der Waals surface area contributed by atoms with Crippen molar-refractivity contribution in [2.75, 3.05) is 7.05 Å². The van der Waals surface area contributed by atoms with E-state index in [-0.39, 0.29) is 12.0 Å². The van der Waals surface area contributed by atoms with Crippen molar-refractivity contribution in [3.05, 3.63) is 35.9 Å². The van der Waals surface area contributed by atoms with Gasteiger partial charge in [0.05, 0.1) is 0 Å². The molecule has 0 aliphatic heterocycles. The molecule has 0 heterocycles. The van der Waals surface area contributed by atoms with Gasteiger partial charge in [-0.05, 0) is 31.4 Å². The molecule has 5 heteroatoms. The Morgan fingerprint density at radius 1 is 1.13 bits per heavy atom. The first-order valence-electron chi connectivity index (χ1n) is 7.81. The highest BCUT2D eigenvalue weighted by molar-refractivity contribution is 5.81. The van der Waals surface area contributed by atoms with Gasteiger partial charge >= 0.3 is 11.9 Å². The highest BCUT2D eigenvalue weighted by Gasteiger charge is 2.28. The number of esters is 2. The fourth-order valence-electron chi connectivity index (χ4n) is 2.07. The predicted octanol–water partition coefficient (Wildman–Crippen LogP) is 2.69. The predicted molar refractivity (Wildman–Crippen MR) is 88.7 cm³/mol. The van der Waals surface area contributed by atoms with E-state index in [0.717, 1.165) is 5.56 Å². The van der Waals surface area contributed by atoms with Crippen LogP contribution in [0.4, 0.5) is 0 Å². The Morgan fingerprint density at radius 3 is 2.26 bits per heavy atom. The van der Waals surface area contributed by atoms with E-state index in [0.29, 0.717) is 6.42 Å². The fraction of sp³-hybridized carbons (Fsp3) is 0.556. The standard InChI is InChI=1S/C18H27NO4/c1-13(16(20)22-12-14-9-7-6-8-10-14)23-17(21)15(19-5)11-18(2,3)4/h6-10,13,15,19H,11-12H2,1-5H3/t13-,15+/m1/s1. The Bertz CT molecular complexity index is 508.